The van der Waals surface area contributed by atoms with Crippen molar-refractivity contribution < 1.29 is 9.59 Å². The molecular formula is C18H20N2O2. The minimum atomic E-state index is -0.616. The number of urea groups is 1. The summed E-state index contributed by atoms with van der Waals surface area (Å²) in [7, 11) is 3.40. The molecule has 4 atom stereocenters. The van der Waals surface area contributed by atoms with Gasteiger partial charge in [-0.1, -0.05) is 36.4 Å². The first kappa shape index (κ1) is 13.6. The second kappa shape index (κ2) is 3.80. The fourth-order valence-electron chi connectivity index (χ4n) is 5.15. The van der Waals surface area contributed by atoms with Crippen LogP contribution in [0.1, 0.15) is 30.9 Å². The van der Waals surface area contributed by atoms with E-state index < -0.39 is 5.41 Å². The minimum Gasteiger partial charge on any atom is -0.322 e. The first-order valence-corrected chi connectivity index (χ1v) is 7.67. The highest BCUT2D eigenvalue weighted by molar-refractivity contribution is 6.02. The van der Waals surface area contributed by atoms with Crippen LogP contribution in [0.5, 0.6) is 0 Å². The minimum absolute atomic E-state index is 0.0148. The lowest BCUT2D eigenvalue weighted by atomic mass is 9.48. The van der Waals surface area contributed by atoms with Crippen molar-refractivity contribution in [2.24, 2.45) is 5.41 Å². The quantitative estimate of drug-likeness (QED) is 0.690. The van der Waals surface area contributed by atoms with Gasteiger partial charge in [0.1, 0.15) is 0 Å². The summed E-state index contributed by atoms with van der Waals surface area (Å²) in [5.74, 6) is -0.0586. The van der Waals surface area contributed by atoms with Crippen LogP contribution in [0, 0.1) is 5.41 Å². The Morgan fingerprint density at radius 3 is 2.50 bits per heavy atom. The Labute approximate surface area is 130 Å². The number of likely N-dealkylation sites (N-methyl/N-ethyl adjacent to an activating group) is 1. The van der Waals surface area contributed by atoms with Gasteiger partial charge in [-0.05, 0) is 25.0 Å². The van der Waals surface area contributed by atoms with E-state index in [-0.39, 0.29) is 29.3 Å². The van der Waals surface area contributed by atoms with Crippen molar-refractivity contribution in [1.82, 2.24) is 9.80 Å². The number of carbonyl (C=O) groups is 2. The summed E-state index contributed by atoms with van der Waals surface area (Å²) in [4.78, 5) is 28.5. The zero-order valence-corrected chi connectivity index (χ0v) is 13.3. The number of allylic oxidation sites excluding steroid dienone is 1. The fraction of sp³-hybridized carbons (Fsp3) is 0.444. The van der Waals surface area contributed by atoms with Gasteiger partial charge in [0.05, 0.1) is 11.5 Å². The average Bonchev–Trinajstić information content (AvgIpc) is 2.51. The number of amides is 3. The van der Waals surface area contributed by atoms with Gasteiger partial charge in [-0.15, -0.1) is 0 Å². The molecule has 4 aliphatic rings. The third kappa shape index (κ3) is 1.21. The van der Waals surface area contributed by atoms with E-state index in [1.807, 2.05) is 26.1 Å². The molecule has 1 aliphatic heterocycles. The Morgan fingerprint density at radius 1 is 1.09 bits per heavy atom. The van der Waals surface area contributed by atoms with Crippen LogP contribution in [-0.4, -0.2) is 41.9 Å². The average molecular weight is 296 g/mol. The van der Waals surface area contributed by atoms with E-state index in [9.17, 15) is 9.59 Å². The van der Waals surface area contributed by atoms with E-state index in [2.05, 4.69) is 31.2 Å². The Kier molecular flexibility index (Phi) is 2.34. The molecule has 0 N–H and O–H groups in total. The highest BCUT2D eigenvalue weighted by Crippen LogP contribution is 2.61. The SMILES string of the molecule is CN1C(=O)N(C)[C@H]2[C@@](C)(C1=O)[C@@H]1C=C[C@@]2(C)c2ccccc21. The molecule has 0 unspecified atom stereocenters. The van der Waals surface area contributed by atoms with E-state index in [4.69, 9.17) is 0 Å². The number of hydrogen-bond acceptors (Lipinski definition) is 2. The summed E-state index contributed by atoms with van der Waals surface area (Å²) >= 11 is 0. The van der Waals surface area contributed by atoms with Gasteiger partial charge in [0, 0.05) is 25.4 Å². The predicted molar refractivity (Wildman–Crippen MR) is 83.5 cm³/mol. The van der Waals surface area contributed by atoms with Crippen LogP contribution in [-0.2, 0) is 10.2 Å². The van der Waals surface area contributed by atoms with Gasteiger partial charge in [-0.3, -0.25) is 9.69 Å². The van der Waals surface area contributed by atoms with Crippen LogP contribution in [0.3, 0.4) is 0 Å². The summed E-state index contributed by atoms with van der Waals surface area (Å²) < 4.78 is 0. The van der Waals surface area contributed by atoms with E-state index in [0.29, 0.717) is 0 Å². The molecule has 0 spiro atoms. The van der Waals surface area contributed by atoms with Crippen molar-refractivity contribution in [3.63, 3.8) is 0 Å². The number of nitrogens with zero attached hydrogens (tertiary/aromatic N) is 2. The highest BCUT2D eigenvalue weighted by atomic mass is 16.2. The van der Waals surface area contributed by atoms with Crippen LogP contribution in [0.2, 0.25) is 0 Å². The molecule has 3 aliphatic carbocycles. The summed E-state index contributed by atoms with van der Waals surface area (Å²) in [6, 6.07) is 7.95. The molecule has 1 saturated heterocycles. The number of hydrogen-bond donors (Lipinski definition) is 0. The summed E-state index contributed by atoms with van der Waals surface area (Å²) in [6.07, 6.45) is 4.35. The number of benzene rings is 1. The molecule has 0 aromatic heterocycles. The molecule has 3 amide bonds. The molecule has 1 fully saturated rings. The molecule has 4 heteroatoms. The smallest absolute Gasteiger partial charge is 0.322 e. The molecule has 1 aromatic carbocycles. The lowest BCUT2D eigenvalue weighted by molar-refractivity contribution is -0.150. The first-order chi connectivity index (χ1) is 10.3. The Morgan fingerprint density at radius 2 is 1.77 bits per heavy atom. The maximum Gasteiger partial charge on any atom is 0.326 e. The second-order valence-corrected chi connectivity index (χ2v) is 7.15. The maximum absolute atomic E-state index is 13.0. The van der Waals surface area contributed by atoms with Gasteiger partial charge in [0.2, 0.25) is 5.91 Å². The third-order valence-electron chi connectivity index (χ3n) is 6.03. The van der Waals surface area contributed by atoms with E-state index in [1.54, 1.807) is 11.9 Å². The van der Waals surface area contributed by atoms with E-state index >= 15 is 0 Å². The zero-order chi connectivity index (χ0) is 15.9. The molecule has 1 aromatic rings. The Hall–Kier alpha value is -2.10. The molecule has 114 valence electrons. The molecule has 1 heterocycles. The van der Waals surface area contributed by atoms with Crippen molar-refractivity contribution >= 4 is 11.9 Å². The van der Waals surface area contributed by atoms with Crippen LogP contribution < -0.4 is 0 Å². The van der Waals surface area contributed by atoms with Gasteiger partial charge in [-0.2, -0.15) is 0 Å². The van der Waals surface area contributed by atoms with Crippen LogP contribution in [0.15, 0.2) is 36.4 Å². The summed E-state index contributed by atoms with van der Waals surface area (Å²) in [5, 5.41) is 0. The van der Waals surface area contributed by atoms with Crippen molar-refractivity contribution in [3.05, 3.63) is 47.5 Å². The largest absolute Gasteiger partial charge is 0.326 e. The molecule has 0 saturated carbocycles. The lowest BCUT2D eigenvalue weighted by Crippen LogP contribution is -2.73. The summed E-state index contributed by atoms with van der Waals surface area (Å²) in [6.45, 7) is 4.16. The van der Waals surface area contributed by atoms with Gasteiger partial charge in [-0.25, -0.2) is 4.79 Å². The maximum atomic E-state index is 13.0. The van der Waals surface area contributed by atoms with Crippen molar-refractivity contribution in [3.8, 4) is 0 Å². The number of imide groups is 1. The zero-order valence-electron chi connectivity index (χ0n) is 13.3. The van der Waals surface area contributed by atoms with Gasteiger partial charge >= 0.3 is 6.03 Å². The Bertz CT molecular complexity index is 740. The van der Waals surface area contributed by atoms with Crippen LogP contribution in [0.4, 0.5) is 4.79 Å². The lowest BCUT2D eigenvalue weighted by Gasteiger charge is -2.62. The summed E-state index contributed by atoms with van der Waals surface area (Å²) in [5.41, 5.74) is 1.51. The van der Waals surface area contributed by atoms with Gasteiger partial charge in [0.15, 0.2) is 0 Å². The molecular weight excluding hydrogens is 276 g/mol. The second-order valence-electron chi connectivity index (χ2n) is 7.15. The number of rotatable bonds is 0. The number of carbonyl (C=O) groups excluding carboxylic acids is 2. The normalized spacial score (nSPS) is 39.1. The van der Waals surface area contributed by atoms with Crippen molar-refractivity contribution in [2.75, 3.05) is 14.1 Å². The van der Waals surface area contributed by atoms with Crippen LogP contribution >= 0.6 is 0 Å². The van der Waals surface area contributed by atoms with Gasteiger partial charge in [0.25, 0.3) is 0 Å². The molecule has 0 radical (unpaired) electrons. The molecule has 22 heavy (non-hydrogen) atoms. The predicted octanol–water partition coefficient (Wildman–Crippen LogP) is 2.51. The fourth-order valence-corrected chi connectivity index (χ4v) is 5.15. The van der Waals surface area contributed by atoms with E-state index in [1.165, 1.54) is 16.0 Å². The first-order valence-electron chi connectivity index (χ1n) is 7.67. The van der Waals surface area contributed by atoms with Crippen molar-refractivity contribution in [1.29, 1.82) is 0 Å². The standard InChI is InChI=1S/C18H20N2O2/c1-17-10-9-13(11-7-5-6-8-12(11)17)18(2)14(17)19(3)16(22)20(4)15(18)21/h5-10,13-14H,1-4H3/t13-,14-,17+,18+/m1/s1. The van der Waals surface area contributed by atoms with Crippen molar-refractivity contribution in [2.45, 2.75) is 31.2 Å². The molecule has 2 bridgehead atoms. The van der Waals surface area contributed by atoms with Crippen LogP contribution in [0.25, 0.3) is 0 Å². The Balaban J connectivity index is 2.05. The third-order valence-corrected chi connectivity index (χ3v) is 6.03. The monoisotopic (exact) mass is 296 g/mol. The highest BCUT2D eigenvalue weighted by Gasteiger charge is 2.66. The molecule has 4 nitrogen and oxygen atoms in total. The molecule has 5 rings (SSSR count). The van der Waals surface area contributed by atoms with Gasteiger partial charge < -0.3 is 4.90 Å². The van der Waals surface area contributed by atoms with E-state index in [0.717, 1.165) is 0 Å². The topological polar surface area (TPSA) is 40.6 Å².